The highest BCUT2D eigenvalue weighted by Crippen LogP contribution is 2.37. The summed E-state index contributed by atoms with van der Waals surface area (Å²) in [5.41, 5.74) is 2.75. The Kier molecular flexibility index (Phi) is 14.5. The highest BCUT2D eigenvalue weighted by atomic mass is 31.2. The zero-order valence-corrected chi connectivity index (χ0v) is 33.1. The smallest absolute Gasteiger partial charge is 0.445 e. The standard InChI is InChI=1S/C41H48N7O10P/c49-37(43-23-28-9-3-1-4-10-28)35(22-30-24-42-26-44-30)46-39(51)36-20-17-31-13-7-8-14-33(40(52)48(31)36)45-38(50)34(47-41(53)57-25-29-11-5-2-6-12-29)21-27-15-18-32(19-16-27)58-59(54,55)56/h1-6,9-12,15-16,18-19,24,26,31,33-36H,7-8,13-14,17,20-23,25H2,(H,42,44)(H,43,49)(H,45,50)(H,46,51)(H,47,53)(H2,54,55,56)/t31?,33-,34-,35-,36-/m0/s1. The van der Waals surface area contributed by atoms with Gasteiger partial charge in [-0.05, 0) is 54.5 Å². The van der Waals surface area contributed by atoms with Crippen molar-refractivity contribution >= 4 is 37.5 Å². The Bertz CT molecular complexity index is 2080. The number of phosphoric ester groups is 1. The van der Waals surface area contributed by atoms with Gasteiger partial charge >= 0.3 is 13.9 Å². The number of nitrogens with one attached hydrogen (secondary N) is 5. The van der Waals surface area contributed by atoms with Gasteiger partial charge in [0.2, 0.25) is 23.6 Å². The average Bonchev–Trinajstić information content (AvgIpc) is 3.90. The fourth-order valence-corrected chi connectivity index (χ4v) is 7.77. The van der Waals surface area contributed by atoms with Gasteiger partial charge in [0.1, 0.15) is 36.5 Å². The molecule has 4 aromatic rings. The molecule has 1 unspecified atom stereocenters. The van der Waals surface area contributed by atoms with Gasteiger partial charge in [-0.25, -0.2) is 14.3 Å². The molecule has 2 aliphatic rings. The number of alkyl carbamates (subject to hydrolysis) is 1. The lowest BCUT2D eigenvalue weighted by molar-refractivity contribution is -0.145. The first-order valence-electron chi connectivity index (χ1n) is 19.4. The summed E-state index contributed by atoms with van der Waals surface area (Å²) in [6.45, 7) is 0.192. The molecule has 312 valence electrons. The number of carbonyl (C=O) groups excluding carboxylic acids is 5. The Morgan fingerprint density at radius 3 is 2.17 bits per heavy atom. The third-order valence-electron chi connectivity index (χ3n) is 10.3. The Labute approximate surface area is 340 Å². The van der Waals surface area contributed by atoms with Gasteiger partial charge in [-0.1, -0.05) is 85.6 Å². The largest absolute Gasteiger partial charge is 0.524 e. The number of fused-ring (bicyclic) bond motifs is 1. The molecule has 3 heterocycles. The van der Waals surface area contributed by atoms with E-state index in [4.69, 9.17) is 4.74 Å². The third-order valence-corrected chi connectivity index (χ3v) is 10.7. The highest BCUT2D eigenvalue weighted by Gasteiger charge is 2.45. The maximum atomic E-state index is 14.4. The van der Waals surface area contributed by atoms with Crippen LogP contribution < -0.4 is 25.8 Å². The normalized spacial score (nSPS) is 18.9. The van der Waals surface area contributed by atoms with Crippen molar-refractivity contribution in [3.05, 3.63) is 120 Å². The second-order valence-electron chi connectivity index (χ2n) is 14.6. The van der Waals surface area contributed by atoms with Gasteiger partial charge in [-0.2, -0.15) is 0 Å². The SMILES string of the molecule is O=C(N[C@@H](Cc1ccc(OP(=O)(O)O)cc1)C(=O)N[C@H]1CCCCC2CC[C@@H](C(=O)N[C@@H](Cc3cnc[nH]3)C(=O)NCc3ccccc3)N2C1=O)OCc1ccccc1. The van der Waals surface area contributed by atoms with Crippen LogP contribution in [0.4, 0.5) is 4.79 Å². The number of carbonyl (C=O) groups is 5. The predicted octanol–water partition coefficient (Wildman–Crippen LogP) is 3.18. The molecular formula is C41H48N7O10P. The van der Waals surface area contributed by atoms with Crippen molar-refractivity contribution in [3.63, 3.8) is 0 Å². The van der Waals surface area contributed by atoms with Crippen LogP contribution in [0.1, 0.15) is 60.9 Å². The lowest BCUT2D eigenvalue weighted by Crippen LogP contribution is -2.60. The van der Waals surface area contributed by atoms with Crippen molar-refractivity contribution in [2.75, 3.05) is 0 Å². The second-order valence-corrected chi connectivity index (χ2v) is 15.7. The van der Waals surface area contributed by atoms with Gasteiger partial charge in [-0.3, -0.25) is 29.0 Å². The van der Waals surface area contributed by atoms with Crippen LogP contribution in [0.5, 0.6) is 5.75 Å². The van der Waals surface area contributed by atoms with Crippen molar-refractivity contribution in [1.29, 1.82) is 0 Å². The van der Waals surface area contributed by atoms with E-state index in [0.717, 1.165) is 17.5 Å². The van der Waals surface area contributed by atoms with Gasteiger partial charge in [0.25, 0.3) is 0 Å². The number of phosphoric acid groups is 1. The molecule has 2 aliphatic heterocycles. The molecule has 3 aromatic carbocycles. The maximum Gasteiger partial charge on any atom is 0.524 e. The van der Waals surface area contributed by atoms with Crippen molar-refractivity contribution < 1.29 is 47.6 Å². The number of imidazole rings is 1. The number of hydrogen-bond donors (Lipinski definition) is 7. The number of aromatic amines is 1. The second kappa shape index (κ2) is 20.1. The third kappa shape index (κ3) is 12.5. The van der Waals surface area contributed by atoms with Crippen molar-refractivity contribution in [2.24, 2.45) is 0 Å². The molecule has 6 rings (SSSR count). The fraction of sp³-hybridized carbons (Fsp3) is 0.366. The summed E-state index contributed by atoms with van der Waals surface area (Å²) in [4.78, 5) is 96.0. The molecule has 1 aromatic heterocycles. The van der Waals surface area contributed by atoms with Crippen LogP contribution in [0, 0.1) is 0 Å². The minimum absolute atomic E-state index is 0.0617. The molecule has 59 heavy (non-hydrogen) atoms. The first kappa shape index (κ1) is 42.6. The molecular weight excluding hydrogens is 781 g/mol. The van der Waals surface area contributed by atoms with Crippen molar-refractivity contribution in [1.82, 2.24) is 36.1 Å². The molecule has 0 bridgehead atoms. The summed E-state index contributed by atoms with van der Waals surface area (Å²) in [6.07, 6.45) is 5.50. The predicted molar refractivity (Wildman–Crippen MR) is 213 cm³/mol. The van der Waals surface area contributed by atoms with E-state index in [0.29, 0.717) is 36.9 Å². The molecule has 17 nitrogen and oxygen atoms in total. The maximum absolute atomic E-state index is 14.4. The Balaban J connectivity index is 1.16. The molecule has 7 N–H and O–H groups in total. The summed E-state index contributed by atoms with van der Waals surface area (Å²) < 4.78 is 21.3. The summed E-state index contributed by atoms with van der Waals surface area (Å²) in [7, 11) is -4.81. The first-order chi connectivity index (χ1) is 28.4. The van der Waals surface area contributed by atoms with Gasteiger partial charge in [0.15, 0.2) is 0 Å². The van der Waals surface area contributed by atoms with Crippen LogP contribution in [-0.2, 0) is 54.5 Å². The van der Waals surface area contributed by atoms with Gasteiger partial charge < -0.3 is 40.4 Å². The van der Waals surface area contributed by atoms with E-state index in [-0.39, 0.29) is 44.2 Å². The zero-order valence-electron chi connectivity index (χ0n) is 32.2. The molecule has 0 spiro atoms. The average molecular weight is 830 g/mol. The van der Waals surface area contributed by atoms with E-state index in [9.17, 15) is 38.3 Å². The molecule has 5 amide bonds. The number of benzene rings is 3. The zero-order chi connectivity index (χ0) is 41.8. The van der Waals surface area contributed by atoms with Crippen LogP contribution >= 0.6 is 7.82 Å². The number of amides is 5. The quantitative estimate of drug-likeness (QED) is 0.0810. The lowest BCUT2D eigenvalue weighted by Gasteiger charge is -2.36. The summed E-state index contributed by atoms with van der Waals surface area (Å²) in [5.74, 6) is -2.11. The molecule has 18 heteroatoms. The van der Waals surface area contributed by atoms with Gasteiger partial charge in [0.05, 0.1) is 6.33 Å². The minimum atomic E-state index is -4.81. The number of rotatable bonds is 16. The summed E-state index contributed by atoms with van der Waals surface area (Å²) in [5, 5.41) is 11.2. The van der Waals surface area contributed by atoms with E-state index in [1.807, 2.05) is 36.4 Å². The van der Waals surface area contributed by atoms with Crippen LogP contribution in [0.3, 0.4) is 0 Å². The molecule has 0 radical (unpaired) electrons. The number of hydrogen-bond acceptors (Lipinski definition) is 9. The summed E-state index contributed by atoms with van der Waals surface area (Å²) in [6, 6.07) is 19.5. The van der Waals surface area contributed by atoms with Crippen molar-refractivity contribution in [2.45, 2.75) is 94.7 Å². The van der Waals surface area contributed by atoms with Crippen LogP contribution in [0.15, 0.2) is 97.5 Å². The van der Waals surface area contributed by atoms with Gasteiger partial charge in [-0.15, -0.1) is 0 Å². The number of aromatic nitrogens is 2. The van der Waals surface area contributed by atoms with E-state index in [2.05, 4.69) is 35.8 Å². The first-order valence-corrected chi connectivity index (χ1v) is 21.0. The monoisotopic (exact) mass is 829 g/mol. The Hall–Kier alpha value is -6.03. The summed E-state index contributed by atoms with van der Waals surface area (Å²) >= 11 is 0. The van der Waals surface area contributed by atoms with Crippen LogP contribution in [-0.4, -0.2) is 84.6 Å². The van der Waals surface area contributed by atoms with E-state index >= 15 is 0 Å². The van der Waals surface area contributed by atoms with Crippen molar-refractivity contribution in [3.8, 4) is 5.75 Å². The van der Waals surface area contributed by atoms with Gasteiger partial charge in [0, 0.05) is 37.3 Å². The molecule has 0 saturated carbocycles. The Morgan fingerprint density at radius 1 is 0.814 bits per heavy atom. The highest BCUT2D eigenvalue weighted by molar-refractivity contribution is 7.46. The number of nitrogens with zero attached hydrogens (tertiary/aromatic N) is 2. The molecule has 0 aliphatic carbocycles. The van der Waals surface area contributed by atoms with Crippen LogP contribution in [0.2, 0.25) is 0 Å². The van der Waals surface area contributed by atoms with E-state index in [1.165, 1.54) is 30.6 Å². The molecule has 5 atom stereocenters. The molecule has 2 fully saturated rings. The van der Waals surface area contributed by atoms with Crippen LogP contribution in [0.25, 0.3) is 0 Å². The number of H-pyrrole nitrogens is 1. The van der Waals surface area contributed by atoms with E-state index in [1.54, 1.807) is 35.4 Å². The topological polar surface area (TPSA) is 241 Å². The van der Waals surface area contributed by atoms with E-state index < -0.39 is 61.7 Å². The molecule has 2 saturated heterocycles. The lowest BCUT2D eigenvalue weighted by atomic mass is 9.98. The Morgan fingerprint density at radius 2 is 1.49 bits per heavy atom. The fourth-order valence-electron chi connectivity index (χ4n) is 7.37. The minimum Gasteiger partial charge on any atom is -0.445 e. The number of ether oxygens (including phenoxy) is 1.